The number of carbonyl (C=O) groups is 1. The quantitative estimate of drug-likeness (QED) is 0.785. The summed E-state index contributed by atoms with van der Waals surface area (Å²) in [4.78, 5) is 11.0. The molecular formula is C17H13FN2O3. The third kappa shape index (κ3) is 3.37. The second-order valence-electron chi connectivity index (χ2n) is 4.86. The number of aromatic nitrogens is 1. The van der Waals surface area contributed by atoms with Crippen molar-refractivity contribution in [1.29, 1.82) is 0 Å². The summed E-state index contributed by atoms with van der Waals surface area (Å²) < 4.78 is 23.7. The van der Waals surface area contributed by atoms with Crippen LogP contribution in [0.2, 0.25) is 0 Å². The van der Waals surface area contributed by atoms with Crippen LogP contribution in [0.15, 0.2) is 59.1 Å². The molecular weight excluding hydrogens is 299 g/mol. The van der Waals surface area contributed by atoms with Crippen LogP contribution in [-0.4, -0.2) is 11.1 Å². The molecule has 0 radical (unpaired) electrons. The number of para-hydroxylation sites is 1. The number of halogens is 1. The molecule has 0 saturated carbocycles. The molecule has 6 heteroatoms. The van der Waals surface area contributed by atoms with Gasteiger partial charge in [0.25, 0.3) is 5.91 Å². The first-order valence-electron chi connectivity index (χ1n) is 6.86. The number of ether oxygens (including phenoxy) is 1. The summed E-state index contributed by atoms with van der Waals surface area (Å²) in [5, 5.41) is 3.79. The van der Waals surface area contributed by atoms with E-state index in [2.05, 4.69) is 5.16 Å². The van der Waals surface area contributed by atoms with E-state index in [1.165, 1.54) is 12.1 Å². The van der Waals surface area contributed by atoms with Crippen molar-refractivity contribution < 1.29 is 18.4 Å². The van der Waals surface area contributed by atoms with Crippen LogP contribution >= 0.6 is 0 Å². The molecule has 3 aromatic rings. The highest BCUT2D eigenvalue weighted by Gasteiger charge is 2.10. The van der Waals surface area contributed by atoms with E-state index in [0.717, 1.165) is 11.1 Å². The van der Waals surface area contributed by atoms with Gasteiger partial charge in [0.1, 0.15) is 12.3 Å². The number of amides is 1. The summed E-state index contributed by atoms with van der Waals surface area (Å²) in [6.07, 6.45) is 0. The van der Waals surface area contributed by atoms with E-state index in [1.54, 1.807) is 18.2 Å². The van der Waals surface area contributed by atoms with Gasteiger partial charge in [-0.05, 0) is 17.7 Å². The molecule has 1 aromatic heterocycles. The molecule has 3 rings (SSSR count). The maximum atomic E-state index is 13.5. The molecule has 23 heavy (non-hydrogen) atoms. The summed E-state index contributed by atoms with van der Waals surface area (Å²) in [6.45, 7) is 0.243. The summed E-state index contributed by atoms with van der Waals surface area (Å²) in [6, 6.07) is 15.0. The van der Waals surface area contributed by atoms with Crippen LogP contribution in [0.5, 0.6) is 5.75 Å². The van der Waals surface area contributed by atoms with Crippen LogP contribution in [0.3, 0.4) is 0 Å². The van der Waals surface area contributed by atoms with Crippen molar-refractivity contribution in [3.8, 4) is 17.0 Å². The second kappa shape index (κ2) is 6.31. The van der Waals surface area contributed by atoms with E-state index < -0.39 is 11.7 Å². The van der Waals surface area contributed by atoms with Gasteiger partial charge in [0, 0.05) is 11.6 Å². The van der Waals surface area contributed by atoms with E-state index in [9.17, 15) is 9.18 Å². The van der Waals surface area contributed by atoms with E-state index in [4.69, 9.17) is 15.0 Å². The Bertz CT molecular complexity index is 828. The Morgan fingerprint density at radius 1 is 1.17 bits per heavy atom. The molecule has 2 aromatic carbocycles. The number of rotatable bonds is 5. The van der Waals surface area contributed by atoms with Crippen LogP contribution in [0.4, 0.5) is 4.39 Å². The monoisotopic (exact) mass is 312 g/mol. The lowest BCUT2D eigenvalue weighted by atomic mass is 10.1. The van der Waals surface area contributed by atoms with Gasteiger partial charge in [0.15, 0.2) is 11.6 Å². The Balaban J connectivity index is 1.69. The average molecular weight is 312 g/mol. The highest BCUT2D eigenvalue weighted by molar-refractivity contribution is 5.90. The fourth-order valence-electron chi connectivity index (χ4n) is 2.02. The molecule has 1 heterocycles. The van der Waals surface area contributed by atoms with Gasteiger partial charge in [0.05, 0.1) is 0 Å². The molecule has 1 amide bonds. The minimum Gasteiger partial charge on any atom is -0.486 e. The fraction of sp³-hybridized carbons (Fsp3) is 0.0588. The molecule has 116 valence electrons. The smallest absolute Gasteiger partial charge is 0.287 e. The van der Waals surface area contributed by atoms with E-state index in [-0.39, 0.29) is 18.1 Å². The Labute approximate surface area is 131 Å². The lowest BCUT2D eigenvalue weighted by molar-refractivity contribution is 0.0965. The Morgan fingerprint density at radius 2 is 1.91 bits per heavy atom. The number of hydrogen-bond donors (Lipinski definition) is 1. The number of carbonyl (C=O) groups excluding carboxylic acids is 1. The fourth-order valence-corrected chi connectivity index (χ4v) is 2.02. The summed E-state index contributed by atoms with van der Waals surface area (Å²) in [5.74, 6) is -0.851. The molecule has 0 aliphatic carbocycles. The van der Waals surface area contributed by atoms with Gasteiger partial charge in [-0.1, -0.05) is 41.6 Å². The van der Waals surface area contributed by atoms with Crippen molar-refractivity contribution in [1.82, 2.24) is 5.16 Å². The molecule has 5 nitrogen and oxygen atoms in total. The van der Waals surface area contributed by atoms with Gasteiger partial charge < -0.3 is 15.0 Å². The van der Waals surface area contributed by atoms with E-state index >= 15 is 0 Å². The molecule has 0 bridgehead atoms. The van der Waals surface area contributed by atoms with Crippen molar-refractivity contribution in [2.45, 2.75) is 6.61 Å². The van der Waals surface area contributed by atoms with Crippen LogP contribution in [0.25, 0.3) is 11.3 Å². The summed E-state index contributed by atoms with van der Waals surface area (Å²) >= 11 is 0. The van der Waals surface area contributed by atoms with Gasteiger partial charge >= 0.3 is 0 Å². The molecule has 2 N–H and O–H groups in total. The number of primary amides is 1. The van der Waals surface area contributed by atoms with Gasteiger partial charge in [-0.25, -0.2) is 4.39 Å². The van der Waals surface area contributed by atoms with Gasteiger partial charge in [-0.15, -0.1) is 0 Å². The molecule has 0 aliphatic rings. The average Bonchev–Trinajstić information content (AvgIpc) is 3.05. The maximum Gasteiger partial charge on any atom is 0.287 e. The van der Waals surface area contributed by atoms with E-state index in [0.29, 0.717) is 5.69 Å². The third-order valence-corrected chi connectivity index (χ3v) is 3.23. The minimum absolute atomic E-state index is 0.00645. The van der Waals surface area contributed by atoms with Gasteiger partial charge in [0.2, 0.25) is 5.76 Å². The van der Waals surface area contributed by atoms with E-state index in [1.807, 2.05) is 24.3 Å². The lowest BCUT2D eigenvalue weighted by Gasteiger charge is -2.07. The van der Waals surface area contributed by atoms with Crippen molar-refractivity contribution in [2.24, 2.45) is 5.73 Å². The Hall–Kier alpha value is -3.15. The molecule has 0 atom stereocenters. The number of nitrogens with two attached hydrogens (primary N) is 1. The zero-order valence-electron chi connectivity index (χ0n) is 12.0. The second-order valence-corrected chi connectivity index (χ2v) is 4.86. The van der Waals surface area contributed by atoms with Crippen LogP contribution in [0, 0.1) is 5.82 Å². The molecule has 0 unspecified atom stereocenters. The standard InChI is InChI=1S/C17H13FN2O3/c18-13-3-1-2-4-15(13)22-10-11-5-7-12(8-6-11)14-9-16(17(19)21)23-20-14/h1-9H,10H2,(H2,19,21). The zero-order valence-corrected chi connectivity index (χ0v) is 12.0. The summed E-state index contributed by atoms with van der Waals surface area (Å²) in [7, 11) is 0. The predicted molar refractivity (Wildman–Crippen MR) is 81.2 cm³/mol. The third-order valence-electron chi connectivity index (χ3n) is 3.23. The molecule has 0 fully saturated rings. The van der Waals surface area contributed by atoms with Crippen molar-refractivity contribution in [3.05, 3.63) is 71.7 Å². The van der Waals surface area contributed by atoms with Gasteiger partial charge in [-0.2, -0.15) is 0 Å². The Morgan fingerprint density at radius 3 is 2.57 bits per heavy atom. The zero-order chi connectivity index (χ0) is 16.2. The molecule has 0 aliphatic heterocycles. The maximum absolute atomic E-state index is 13.5. The highest BCUT2D eigenvalue weighted by atomic mass is 19.1. The number of nitrogens with zero attached hydrogens (tertiary/aromatic N) is 1. The van der Waals surface area contributed by atoms with Gasteiger partial charge in [-0.3, -0.25) is 4.79 Å². The number of hydrogen-bond acceptors (Lipinski definition) is 4. The van der Waals surface area contributed by atoms with Crippen molar-refractivity contribution in [3.63, 3.8) is 0 Å². The number of benzene rings is 2. The van der Waals surface area contributed by atoms with Crippen LogP contribution in [-0.2, 0) is 6.61 Å². The minimum atomic E-state index is -0.668. The van der Waals surface area contributed by atoms with Crippen LogP contribution < -0.4 is 10.5 Å². The largest absolute Gasteiger partial charge is 0.486 e. The van der Waals surface area contributed by atoms with Crippen molar-refractivity contribution in [2.75, 3.05) is 0 Å². The molecule has 0 spiro atoms. The first-order valence-corrected chi connectivity index (χ1v) is 6.86. The topological polar surface area (TPSA) is 78.4 Å². The highest BCUT2D eigenvalue weighted by Crippen LogP contribution is 2.21. The normalized spacial score (nSPS) is 10.5. The predicted octanol–water partition coefficient (Wildman–Crippen LogP) is 3.16. The first kappa shape index (κ1) is 14.8. The SMILES string of the molecule is NC(=O)c1cc(-c2ccc(COc3ccccc3F)cc2)no1. The summed E-state index contributed by atoms with van der Waals surface area (Å²) in [5.41, 5.74) is 7.28. The Kier molecular flexibility index (Phi) is 4.05. The van der Waals surface area contributed by atoms with Crippen LogP contribution in [0.1, 0.15) is 16.1 Å². The lowest BCUT2D eigenvalue weighted by Crippen LogP contribution is -2.09. The first-order chi connectivity index (χ1) is 11.1. The van der Waals surface area contributed by atoms with Crippen molar-refractivity contribution >= 4 is 5.91 Å². The molecule has 0 saturated heterocycles.